The Kier molecular flexibility index (Phi) is 5.70. The first-order chi connectivity index (χ1) is 9.69. The largest absolute Gasteiger partial charge is 0.480 e. The number of aliphatic carboxylic acids is 1. The molecule has 0 aliphatic carbocycles. The molecule has 0 aliphatic heterocycles. The van der Waals surface area contributed by atoms with Crippen molar-refractivity contribution >= 4 is 21.8 Å². The molecule has 1 atom stereocenters. The van der Waals surface area contributed by atoms with Gasteiger partial charge in [-0.1, -0.05) is 0 Å². The highest BCUT2D eigenvalue weighted by Gasteiger charge is 2.23. The van der Waals surface area contributed by atoms with Crippen LogP contribution in [0.25, 0.3) is 0 Å². The molecule has 1 aromatic rings. The van der Waals surface area contributed by atoms with E-state index in [9.17, 15) is 18.0 Å². The average molecular weight is 318 g/mol. The second-order valence-corrected chi connectivity index (χ2v) is 6.98. The van der Waals surface area contributed by atoms with Gasteiger partial charge in [-0.2, -0.15) is 5.10 Å². The predicted octanol–water partition coefficient (Wildman–Crippen LogP) is -0.561. The maximum Gasteiger partial charge on any atom is 0.326 e. The molecule has 1 unspecified atom stereocenters. The van der Waals surface area contributed by atoms with Gasteiger partial charge in [0.05, 0.1) is 18.5 Å². The molecule has 0 saturated heterocycles. The van der Waals surface area contributed by atoms with Gasteiger partial charge in [-0.3, -0.25) is 5.10 Å². The van der Waals surface area contributed by atoms with Crippen molar-refractivity contribution in [2.45, 2.75) is 19.0 Å². The molecule has 3 N–H and O–H groups in total. The maximum atomic E-state index is 11.9. The van der Waals surface area contributed by atoms with Gasteiger partial charge >= 0.3 is 12.0 Å². The molecule has 2 amide bonds. The zero-order chi connectivity index (χ0) is 16.0. The van der Waals surface area contributed by atoms with Crippen LogP contribution in [0.15, 0.2) is 12.4 Å². The lowest BCUT2D eigenvalue weighted by molar-refractivity contribution is -0.139. The third-order valence-electron chi connectivity index (χ3n) is 2.69. The number of carboxylic acid groups (broad SMARTS) is 1. The first kappa shape index (κ1) is 17.0. The number of nitrogens with zero attached hydrogens (tertiary/aromatic N) is 2. The Bertz CT molecular complexity index is 584. The number of carbonyl (C=O) groups excluding carboxylic acids is 1. The van der Waals surface area contributed by atoms with E-state index in [1.54, 1.807) is 12.4 Å². The van der Waals surface area contributed by atoms with Crippen LogP contribution in [0.4, 0.5) is 4.79 Å². The van der Waals surface area contributed by atoms with Gasteiger partial charge in [-0.05, 0) is 6.42 Å². The van der Waals surface area contributed by atoms with Crippen molar-refractivity contribution in [3.63, 3.8) is 0 Å². The molecule has 1 aromatic heterocycles. The van der Waals surface area contributed by atoms with E-state index in [2.05, 4.69) is 15.5 Å². The summed E-state index contributed by atoms with van der Waals surface area (Å²) in [6.45, 7) is 0.251. The standard InChI is InChI=1S/C11H18N4O5S/c1-15(7-8-5-12-13-6-8)11(18)14-9(10(16)17)3-4-21(2,19)20/h5-6,9H,3-4,7H2,1-2H3,(H,12,13)(H,14,18)(H,16,17). The minimum atomic E-state index is -3.29. The molecule has 10 heteroatoms. The summed E-state index contributed by atoms with van der Waals surface area (Å²) in [5.41, 5.74) is 0.760. The highest BCUT2D eigenvalue weighted by molar-refractivity contribution is 7.90. The molecule has 0 fully saturated rings. The fraction of sp³-hybridized carbons (Fsp3) is 0.545. The molecule has 1 rings (SSSR count). The number of hydrogen-bond donors (Lipinski definition) is 3. The van der Waals surface area contributed by atoms with Crippen molar-refractivity contribution < 1.29 is 23.1 Å². The number of H-pyrrole nitrogens is 1. The lowest BCUT2D eigenvalue weighted by Crippen LogP contribution is -2.47. The first-order valence-electron chi connectivity index (χ1n) is 6.09. The summed E-state index contributed by atoms with van der Waals surface area (Å²) in [5.74, 6) is -1.58. The molecule has 0 saturated carbocycles. The third kappa shape index (κ3) is 6.25. The highest BCUT2D eigenvalue weighted by atomic mass is 32.2. The Morgan fingerprint density at radius 1 is 1.52 bits per heavy atom. The molecular formula is C11H18N4O5S. The minimum Gasteiger partial charge on any atom is -0.480 e. The Morgan fingerprint density at radius 3 is 2.67 bits per heavy atom. The number of aromatic nitrogens is 2. The number of aromatic amines is 1. The van der Waals surface area contributed by atoms with E-state index in [4.69, 9.17) is 5.11 Å². The van der Waals surface area contributed by atoms with Crippen molar-refractivity contribution in [2.75, 3.05) is 19.1 Å². The van der Waals surface area contributed by atoms with Crippen LogP contribution in [0, 0.1) is 0 Å². The molecule has 0 aliphatic rings. The van der Waals surface area contributed by atoms with Crippen LogP contribution in [0.3, 0.4) is 0 Å². The minimum absolute atomic E-state index is 0.181. The Hall–Kier alpha value is -2.10. The summed E-state index contributed by atoms with van der Waals surface area (Å²) in [7, 11) is -1.79. The SMILES string of the molecule is CN(Cc1cn[nH]c1)C(=O)NC(CCS(C)(=O)=O)C(=O)O. The van der Waals surface area contributed by atoms with E-state index in [-0.39, 0.29) is 18.7 Å². The first-order valence-corrected chi connectivity index (χ1v) is 8.15. The van der Waals surface area contributed by atoms with Gasteiger partial charge in [-0.15, -0.1) is 0 Å². The van der Waals surface area contributed by atoms with E-state index in [0.29, 0.717) is 0 Å². The summed E-state index contributed by atoms with van der Waals surface area (Å²) in [6.07, 6.45) is 3.99. The number of amides is 2. The van der Waals surface area contributed by atoms with E-state index < -0.39 is 27.9 Å². The topological polar surface area (TPSA) is 132 Å². The van der Waals surface area contributed by atoms with Gasteiger partial charge in [0, 0.05) is 25.1 Å². The van der Waals surface area contributed by atoms with E-state index >= 15 is 0 Å². The van der Waals surface area contributed by atoms with Crippen LogP contribution < -0.4 is 5.32 Å². The quantitative estimate of drug-likeness (QED) is 0.617. The van der Waals surface area contributed by atoms with Gasteiger partial charge in [0.25, 0.3) is 0 Å². The lowest BCUT2D eigenvalue weighted by atomic mass is 10.2. The second kappa shape index (κ2) is 7.07. The van der Waals surface area contributed by atoms with Crippen molar-refractivity contribution in [3.8, 4) is 0 Å². The van der Waals surface area contributed by atoms with Gasteiger partial charge < -0.3 is 15.3 Å². The van der Waals surface area contributed by atoms with Crippen molar-refractivity contribution in [1.82, 2.24) is 20.4 Å². The molecular weight excluding hydrogens is 300 g/mol. The van der Waals surface area contributed by atoms with Crippen molar-refractivity contribution in [1.29, 1.82) is 0 Å². The number of hydrogen-bond acceptors (Lipinski definition) is 5. The number of nitrogens with one attached hydrogen (secondary N) is 2. The molecule has 0 spiro atoms. The summed E-state index contributed by atoms with van der Waals surface area (Å²) in [6, 6.07) is -1.85. The van der Waals surface area contributed by atoms with E-state index in [0.717, 1.165) is 11.8 Å². The van der Waals surface area contributed by atoms with E-state index in [1.165, 1.54) is 11.9 Å². The van der Waals surface area contributed by atoms with Crippen LogP contribution in [0.1, 0.15) is 12.0 Å². The number of sulfone groups is 1. The zero-order valence-electron chi connectivity index (χ0n) is 11.7. The number of rotatable bonds is 7. The Morgan fingerprint density at radius 2 is 2.19 bits per heavy atom. The van der Waals surface area contributed by atoms with Crippen LogP contribution in [0.2, 0.25) is 0 Å². The lowest BCUT2D eigenvalue weighted by Gasteiger charge is -2.20. The van der Waals surface area contributed by atoms with E-state index in [1.807, 2.05) is 0 Å². The van der Waals surface area contributed by atoms with Gasteiger partial charge in [0.15, 0.2) is 0 Å². The maximum absolute atomic E-state index is 11.9. The normalized spacial score (nSPS) is 12.7. The molecule has 0 bridgehead atoms. The van der Waals surface area contributed by atoms with Gasteiger partial charge in [-0.25, -0.2) is 18.0 Å². The fourth-order valence-electron chi connectivity index (χ4n) is 1.56. The van der Waals surface area contributed by atoms with Crippen molar-refractivity contribution in [3.05, 3.63) is 18.0 Å². The zero-order valence-corrected chi connectivity index (χ0v) is 12.6. The van der Waals surface area contributed by atoms with Crippen molar-refractivity contribution in [2.24, 2.45) is 0 Å². The number of urea groups is 1. The monoisotopic (exact) mass is 318 g/mol. The highest BCUT2D eigenvalue weighted by Crippen LogP contribution is 2.02. The van der Waals surface area contributed by atoms with Gasteiger partial charge in [0.1, 0.15) is 15.9 Å². The second-order valence-electron chi connectivity index (χ2n) is 4.72. The van der Waals surface area contributed by atoms with Crippen LogP contribution in [0.5, 0.6) is 0 Å². The van der Waals surface area contributed by atoms with Crippen LogP contribution in [-0.2, 0) is 21.2 Å². The Labute approximate surface area is 122 Å². The summed E-state index contributed by atoms with van der Waals surface area (Å²) in [4.78, 5) is 24.2. The molecule has 0 aromatic carbocycles. The van der Waals surface area contributed by atoms with Crippen LogP contribution in [-0.4, -0.2) is 65.7 Å². The smallest absolute Gasteiger partial charge is 0.326 e. The Balaban J connectivity index is 2.57. The van der Waals surface area contributed by atoms with Crippen LogP contribution >= 0.6 is 0 Å². The predicted molar refractivity (Wildman–Crippen MR) is 74.3 cm³/mol. The van der Waals surface area contributed by atoms with Gasteiger partial charge in [0.2, 0.25) is 0 Å². The fourth-order valence-corrected chi connectivity index (χ4v) is 2.22. The molecule has 1 heterocycles. The molecule has 21 heavy (non-hydrogen) atoms. The number of carbonyl (C=O) groups is 2. The molecule has 9 nitrogen and oxygen atoms in total. The molecule has 0 radical (unpaired) electrons. The number of carboxylic acids is 1. The molecule has 118 valence electrons. The summed E-state index contributed by atoms with van der Waals surface area (Å²) < 4.78 is 22.1. The third-order valence-corrected chi connectivity index (χ3v) is 3.67. The summed E-state index contributed by atoms with van der Waals surface area (Å²) in [5, 5.41) is 17.6. The average Bonchev–Trinajstić information content (AvgIpc) is 2.85. The summed E-state index contributed by atoms with van der Waals surface area (Å²) >= 11 is 0.